The van der Waals surface area contributed by atoms with Crippen molar-refractivity contribution in [2.75, 3.05) is 18.5 Å². The number of carbonyl (C=O) groups is 1. The zero-order valence-electron chi connectivity index (χ0n) is 15.2. The van der Waals surface area contributed by atoms with Crippen molar-refractivity contribution in [3.63, 3.8) is 0 Å². The molecule has 28 heavy (non-hydrogen) atoms. The van der Waals surface area contributed by atoms with Crippen LogP contribution >= 0.6 is 11.6 Å². The molecule has 0 unspecified atom stereocenters. The van der Waals surface area contributed by atoms with Crippen LogP contribution in [0.25, 0.3) is 6.08 Å². The average molecular weight is 394 g/mol. The molecule has 0 bridgehead atoms. The zero-order chi connectivity index (χ0) is 19.6. The second-order valence-corrected chi connectivity index (χ2v) is 6.26. The number of hydrogen-bond acceptors (Lipinski definition) is 3. The van der Waals surface area contributed by atoms with E-state index in [1.165, 1.54) is 6.08 Å². The zero-order valence-corrected chi connectivity index (χ0v) is 15.9. The summed E-state index contributed by atoms with van der Waals surface area (Å²) in [6.45, 7) is 0.760. The lowest BCUT2D eigenvalue weighted by Crippen LogP contribution is -2.12. The summed E-state index contributed by atoms with van der Waals surface area (Å²) in [6, 6.07) is 24.1. The van der Waals surface area contributed by atoms with E-state index in [4.69, 9.17) is 21.1 Å². The maximum atomic E-state index is 12.2. The topological polar surface area (TPSA) is 47.6 Å². The van der Waals surface area contributed by atoms with Crippen LogP contribution in [0.2, 0.25) is 5.02 Å². The van der Waals surface area contributed by atoms with Crippen LogP contribution in [0.5, 0.6) is 11.5 Å². The molecular formula is C23H20ClNO3. The summed E-state index contributed by atoms with van der Waals surface area (Å²) in [5.41, 5.74) is 1.37. The number of nitrogens with one attached hydrogen (secondary N) is 1. The van der Waals surface area contributed by atoms with Gasteiger partial charge in [-0.3, -0.25) is 4.79 Å². The highest BCUT2D eigenvalue weighted by Gasteiger charge is 2.06. The summed E-state index contributed by atoms with van der Waals surface area (Å²) in [4.78, 5) is 12.2. The van der Waals surface area contributed by atoms with Crippen LogP contribution < -0.4 is 14.8 Å². The summed E-state index contributed by atoms with van der Waals surface area (Å²) in [5.74, 6) is 1.10. The minimum atomic E-state index is -0.267. The Morgan fingerprint density at radius 1 is 0.857 bits per heavy atom. The molecule has 4 nitrogen and oxygen atoms in total. The van der Waals surface area contributed by atoms with Crippen LogP contribution in [0.4, 0.5) is 5.69 Å². The van der Waals surface area contributed by atoms with Crippen LogP contribution in [-0.2, 0) is 4.79 Å². The molecule has 0 saturated carbocycles. The fraction of sp³-hybridized carbons (Fsp3) is 0.0870. The third-order valence-corrected chi connectivity index (χ3v) is 4.16. The molecule has 3 aromatic carbocycles. The number of rotatable bonds is 8. The fourth-order valence-electron chi connectivity index (χ4n) is 2.47. The molecule has 3 rings (SSSR count). The summed E-state index contributed by atoms with van der Waals surface area (Å²) in [6.07, 6.45) is 3.12. The Morgan fingerprint density at radius 2 is 1.54 bits per heavy atom. The van der Waals surface area contributed by atoms with E-state index in [1.54, 1.807) is 24.3 Å². The van der Waals surface area contributed by atoms with E-state index in [2.05, 4.69) is 5.32 Å². The molecule has 1 amide bonds. The van der Waals surface area contributed by atoms with Gasteiger partial charge in [-0.1, -0.05) is 60.1 Å². The van der Waals surface area contributed by atoms with Gasteiger partial charge >= 0.3 is 0 Å². The molecule has 0 heterocycles. The minimum absolute atomic E-state index is 0.267. The Labute approximate surface area is 169 Å². The van der Waals surface area contributed by atoms with Gasteiger partial charge in [0.1, 0.15) is 24.7 Å². The Morgan fingerprint density at radius 3 is 2.36 bits per heavy atom. The average Bonchev–Trinajstić information content (AvgIpc) is 2.72. The van der Waals surface area contributed by atoms with E-state index in [9.17, 15) is 4.79 Å². The Balaban J connectivity index is 1.54. The predicted octanol–water partition coefficient (Wildman–Crippen LogP) is 5.45. The van der Waals surface area contributed by atoms with E-state index in [1.807, 2.05) is 60.7 Å². The standard InChI is InChI=1S/C23H20ClNO3/c24-20-11-5-4-8-18(20)14-15-23(26)25-21-12-6-7-13-22(21)28-17-16-27-19-9-2-1-3-10-19/h1-15H,16-17H2,(H,25,26)/b15-14+. The third kappa shape index (κ3) is 5.89. The van der Waals surface area contributed by atoms with E-state index in [0.717, 1.165) is 11.3 Å². The van der Waals surface area contributed by atoms with Crippen molar-refractivity contribution < 1.29 is 14.3 Å². The fourth-order valence-corrected chi connectivity index (χ4v) is 2.67. The van der Waals surface area contributed by atoms with Gasteiger partial charge in [0, 0.05) is 11.1 Å². The molecule has 0 fully saturated rings. The number of para-hydroxylation sites is 3. The molecule has 0 radical (unpaired) electrons. The summed E-state index contributed by atoms with van der Waals surface area (Å²) < 4.78 is 11.4. The number of halogens is 1. The number of ether oxygens (including phenoxy) is 2. The third-order valence-electron chi connectivity index (χ3n) is 3.82. The second kappa shape index (κ2) is 10.2. The number of benzene rings is 3. The molecule has 0 aliphatic heterocycles. The van der Waals surface area contributed by atoms with Gasteiger partial charge in [-0.2, -0.15) is 0 Å². The highest BCUT2D eigenvalue weighted by atomic mass is 35.5. The van der Waals surface area contributed by atoms with Crippen molar-refractivity contribution in [2.24, 2.45) is 0 Å². The lowest BCUT2D eigenvalue weighted by atomic mass is 10.2. The normalized spacial score (nSPS) is 10.6. The van der Waals surface area contributed by atoms with Gasteiger partial charge in [0.05, 0.1) is 5.69 Å². The first-order chi connectivity index (χ1) is 13.7. The second-order valence-electron chi connectivity index (χ2n) is 5.85. The highest BCUT2D eigenvalue weighted by molar-refractivity contribution is 6.32. The van der Waals surface area contributed by atoms with Crippen LogP contribution in [0.3, 0.4) is 0 Å². The van der Waals surface area contributed by atoms with E-state index >= 15 is 0 Å². The van der Waals surface area contributed by atoms with Crippen LogP contribution in [-0.4, -0.2) is 19.1 Å². The SMILES string of the molecule is O=C(/C=C/c1ccccc1Cl)Nc1ccccc1OCCOc1ccccc1. The molecule has 0 aromatic heterocycles. The smallest absolute Gasteiger partial charge is 0.248 e. The molecular weight excluding hydrogens is 374 g/mol. The number of carbonyl (C=O) groups excluding carboxylic acids is 1. The monoisotopic (exact) mass is 393 g/mol. The molecule has 1 N–H and O–H groups in total. The lowest BCUT2D eigenvalue weighted by molar-refractivity contribution is -0.111. The number of amides is 1. The first kappa shape index (κ1) is 19.5. The maximum absolute atomic E-state index is 12.2. The Bertz CT molecular complexity index is 941. The van der Waals surface area contributed by atoms with Gasteiger partial charge in [0.2, 0.25) is 5.91 Å². The van der Waals surface area contributed by atoms with E-state index in [0.29, 0.717) is 29.7 Å². The number of hydrogen-bond donors (Lipinski definition) is 1. The van der Waals surface area contributed by atoms with Crippen molar-refractivity contribution in [1.82, 2.24) is 0 Å². The van der Waals surface area contributed by atoms with Crippen molar-refractivity contribution in [2.45, 2.75) is 0 Å². The molecule has 5 heteroatoms. The molecule has 0 aliphatic carbocycles. The molecule has 3 aromatic rings. The number of anilines is 1. The molecule has 0 saturated heterocycles. The summed E-state index contributed by atoms with van der Waals surface area (Å²) in [5, 5.41) is 3.42. The van der Waals surface area contributed by atoms with Gasteiger partial charge in [0.15, 0.2) is 0 Å². The van der Waals surface area contributed by atoms with Crippen molar-refractivity contribution in [3.8, 4) is 11.5 Å². The van der Waals surface area contributed by atoms with Gasteiger partial charge in [-0.25, -0.2) is 0 Å². The van der Waals surface area contributed by atoms with Crippen molar-refractivity contribution >= 4 is 29.3 Å². The van der Waals surface area contributed by atoms with E-state index < -0.39 is 0 Å². The summed E-state index contributed by atoms with van der Waals surface area (Å²) >= 11 is 6.09. The highest BCUT2D eigenvalue weighted by Crippen LogP contribution is 2.24. The Hall–Kier alpha value is -3.24. The van der Waals surface area contributed by atoms with Crippen LogP contribution in [0.15, 0.2) is 84.9 Å². The van der Waals surface area contributed by atoms with Crippen LogP contribution in [0.1, 0.15) is 5.56 Å². The molecule has 0 spiro atoms. The van der Waals surface area contributed by atoms with E-state index in [-0.39, 0.29) is 5.91 Å². The lowest BCUT2D eigenvalue weighted by Gasteiger charge is -2.12. The van der Waals surface area contributed by atoms with Gasteiger partial charge < -0.3 is 14.8 Å². The first-order valence-electron chi connectivity index (χ1n) is 8.85. The molecule has 0 atom stereocenters. The van der Waals surface area contributed by atoms with Crippen molar-refractivity contribution in [3.05, 3.63) is 95.5 Å². The molecule has 0 aliphatic rings. The largest absolute Gasteiger partial charge is 0.490 e. The Kier molecular flexibility index (Phi) is 7.10. The van der Waals surface area contributed by atoms with Gasteiger partial charge in [0.25, 0.3) is 0 Å². The van der Waals surface area contributed by atoms with Crippen molar-refractivity contribution in [1.29, 1.82) is 0 Å². The quantitative estimate of drug-likeness (QED) is 0.409. The minimum Gasteiger partial charge on any atom is -0.490 e. The maximum Gasteiger partial charge on any atom is 0.248 e. The van der Waals surface area contributed by atoms with Gasteiger partial charge in [-0.05, 0) is 42.0 Å². The first-order valence-corrected chi connectivity index (χ1v) is 9.23. The molecule has 142 valence electrons. The van der Waals surface area contributed by atoms with Gasteiger partial charge in [-0.15, -0.1) is 0 Å². The summed E-state index contributed by atoms with van der Waals surface area (Å²) in [7, 11) is 0. The van der Waals surface area contributed by atoms with Crippen LogP contribution in [0, 0.1) is 0 Å². The predicted molar refractivity (Wildman–Crippen MR) is 113 cm³/mol.